The van der Waals surface area contributed by atoms with Crippen molar-refractivity contribution in [2.24, 2.45) is 5.92 Å². The third kappa shape index (κ3) is 3.70. The number of carboxylic acid groups (broad SMARTS) is 1. The lowest BCUT2D eigenvalue weighted by atomic mass is 9.94. The van der Waals surface area contributed by atoms with Crippen molar-refractivity contribution in [2.75, 3.05) is 13.2 Å². The molecule has 0 saturated carbocycles. The fraction of sp³-hybridized carbons (Fsp3) is 0.556. The zero-order valence-corrected chi connectivity index (χ0v) is 15.2. The van der Waals surface area contributed by atoms with E-state index in [-0.39, 0.29) is 5.41 Å². The SMILES string of the molecule is CC(C)(C)c1nc(-c2csc(C(=O)O)c2)cn1CC1CCOCC1. The average molecular weight is 348 g/mol. The highest BCUT2D eigenvalue weighted by Crippen LogP contribution is 2.30. The summed E-state index contributed by atoms with van der Waals surface area (Å²) in [5.41, 5.74) is 1.68. The smallest absolute Gasteiger partial charge is 0.345 e. The Balaban J connectivity index is 1.91. The first-order valence-electron chi connectivity index (χ1n) is 8.32. The van der Waals surface area contributed by atoms with Crippen molar-refractivity contribution in [3.05, 3.63) is 28.3 Å². The highest BCUT2D eigenvalue weighted by atomic mass is 32.1. The molecule has 6 heteroatoms. The van der Waals surface area contributed by atoms with E-state index in [4.69, 9.17) is 14.8 Å². The molecule has 3 heterocycles. The topological polar surface area (TPSA) is 64.3 Å². The van der Waals surface area contributed by atoms with Gasteiger partial charge in [0.1, 0.15) is 10.7 Å². The maximum atomic E-state index is 11.1. The Bertz CT molecular complexity index is 721. The third-order valence-electron chi connectivity index (χ3n) is 4.35. The average Bonchev–Trinajstić information content (AvgIpc) is 3.14. The van der Waals surface area contributed by atoms with Gasteiger partial charge in [0.25, 0.3) is 0 Å². The molecule has 1 aliphatic rings. The second kappa shape index (κ2) is 6.69. The molecule has 1 aliphatic heterocycles. The molecule has 0 amide bonds. The van der Waals surface area contributed by atoms with Crippen molar-refractivity contribution in [2.45, 2.75) is 45.6 Å². The number of imidazole rings is 1. The maximum absolute atomic E-state index is 11.1. The van der Waals surface area contributed by atoms with Gasteiger partial charge in [0.05, 0.1) is 5.69 Å². The van der Waals surface area contributed by atoms with Gasteiger partial charge in [0, 0.05) is 42.3 Å². The number of carbonyl (C=O) groups is 1. The summed E-state index contributed by atoms with van der Waals surface area (Å²) in [4.78, 5) is 16.3. The molecule has 0 spiro atoms. The molecule has 0 radical (unpaired) electrons. The number of aromatic carboxylic acids is 1. The molecule has 1 fully saturated rings. The van der Waals surface area contributed by atoms with Crippen molar-refractivity contribution < 1.29 is 14.6 Å². The molecule has 0 bridgehead atoms. The monoisotopic (exact) mass is 348 g/mol. The fourth-order valence-electron chi connectivity index (χ4n) is 3.08. The number of nitrogens with zero attached hydrogens (tertiary/aromatic N) is 2. The molecule has 0 unspecified atom stereocenters. The molecule has 0 aromatic carbocycles. The largest absolute Gasteiger partial charge is 0.477 e. The Hall–Kier alpha value is -1.66. The minimum atomic E-state index is -0.885. The van der Waals surface area contributed by atoms with Gasteiger partial charge >= 0.3 is 5.97 Å². The van der Waals surface area contributed by atoms with E-state index in [9.17, 15) is 4.79 Å². The number of ether oxygens (including phenoxy) is 1. The second-order valence-corrected chi connectivity index (χ2v) is 8.32. The molecule has 3 rings (SSSR count). The van der Waals surface area contributed by atoms with Crippen LogP contribution in [-0.4, -0.2) is 33.8 Å². The van der Waals surface area contributed by atoms with E-state index in [2.05, 4.69) is 31.5 Å². The minimum absolute atomic E-state index is 0.0605. The van der Waals surface area contributed by atoms with E-state index in [1.165, 1.54) is 11.3 Å². The van der Waals surface area contributed by atoms with Gasteiger partial charge in [-0.25, -0.2) is 9.78 Å². The van der Waals surface area contributed by atoms with E-state index in [1.807, 2.05) is 5.38 Å². The molecule has 24 heavy (non-hydrogen) atoms. The summed E-state index contributed by atoms with van der Waals surface area (Å²) in [5, 5.41) is 11.0. The van der Waals surface area contributed by atoms with Gasteiger partial charge in [-0.15, -0.1) is 11.3 Å². The van der Waals surface area contributed by atoms with Crippen LogP contribution < -0.4 is 0 Å². The molecule has 0 atom stereocenters. The van der Waals surface area contributed by atoms with Crippen LogP contribution in [0, 0.1) is 5.92 Å². The zero-order chi connectivity index (χ0) is 17.3. The predicted octanol–water partition coefficient (Wildman–Crippen LogP) is 4.03. The molecule has 5 nitrogen and oxygen atoms in total. The van der Waals surface area contributed by atoms with Gasteiger partial charge in [-0.3, -0.25) is 0 Å². The Kier molecular flexibility index (Phi) is 4.78. The standard InChI is InChI=1S/C18H24N2O3S/c1-18(2,3)17-19-14(13-8-15(16(21)22)24-11-13)10-20(17)9-12-4-6-23-7-5-12/h8,10-12H,4-7,9H2,1-3H3,(H,21,22). The zero-order valence-electron chi connectivity index (χ0n) is 14.4. The van der Waals surface area contributed by atoms with Crippen molar-refractivity contribution >= 4 is 17.3 Å². The summed E-state index contributed by atoms with van der Waals surface area (Å²) in [5.74, 6) is 0.773. The van der Waals surface area contributed by atoms with Crippen molar-refractivity contribution in [1.29, 1.82) is 0 Å². The van der Waals surface area contributed by atoms with Crippen LogP contribution in [0.5, 0.6) is 0 Å². The van der Waals surface area contributed by atoms with Crippen LogP contribution in [0.2, 0.25) is 0 Å². The van der Waals surface area contributed by atoms with Crippen molar-refractivity contribution in [1.82, 2.24) is 9.55 Å². The minimum Gasteiger partial charge on any atom is -0.477 e. The fourth-order valence-corrected chi connectivity index (χ4v) is 3.82. The van der Waals surface area contributed by atoms with Gasteiger partial charge in [0.15, 0.2) is 0 Å². The van der Waals surface area contributed by atoms with Gasteiger partial charge in [-0.2, -0.15) is 0 Å². The lowest BCUT2D eigenvalue weighted by molar-refractivity contribution is 0.0607. The van der Waals surface area contributed by atoms with Crippen LogP contribution in [0.1, 0.15) is 49.1 Å². The van der Waals surface area contributed by atoms with E-state index in [1.54, 1.807) is 6.07 Å². The Morgan fingerprint density at radius 3 is 2.71 bits per heavy atom. The Labute approximate surface area is 146 Å². The Morgan fingerprint density at radius 1 is 1.42 bits per heavy atom. The first kappa shape index (κ1) is 17.2. The van der Waals surface area contributed by atoms with Crippen LogP contribution in [0.25, 0.3) is 11.3 Å². The highest BCUT2D eigenvalue weighted by Gasteiger charge is 2.25. The normalized spacial score (nSPS) is 16.5. The van der Waals surface area contributed by atoms with E-state index in [0.717, 1.165) is 49.7 Å². The molecule has 2 aromatic rings. The number of rotatable bonds is 4. The van der Waals surface area contributed by atoms with Gasteiger partial charge in [0.2, 0.25) is 0 Å². The summed E-state index contributed by atoms with van der Waals surface area (Å²) >= 11 is 1.25. The third-order valence-corrected chi connectivity index (χ3v) is 5.27. The van der Waals surface area contributed by atoms with E-state index >= 15 is 0 Å². The Morgan fingerprint density at radius 2 is 2.12 bits per heavy atom. The summed E-state index contributed by atoms with van der Waals surface area (Å²) in [6.07, 6.45) is 4.24. The number of hydrogen-bond donors (Lipinski definition) is 1. The molecule has 1 saturated heterocycles. The summed E-state index contributed by atoms with van der Waals surface area (Å²) < 4.78 is 7.71. The molecular formula is C18H24N2O3S. The second-order valence-electron chi connectivity index (χ2n) is 7.41. The summed E-state index contributed by atoms with van der Waals surface area (Å²) in [6.45, 7) is 9.10. The number of hydrogen-bond acceptors (Lipinski definition) is 4. The number of thiophene rings is 1. The van der Waals surface area contributed by atoms with Crippen LogP contribution >= 0.6 is 11.3 Å². The van der Waals surface area contributed by atoms with Gasteiger partial charge in [-0.1, -0.05) is 20.8 Å². The predicted molar refractivity (Wildman–Crippen MR) is 94.7 cm³/mol. The van der Waals surface area contributed by atoms with Crippen molar-refractivity contribution in [3.63, 3.8) is 0 Å². The first-order chi connectivity index (χ1) is 11.3. The van der Waals surface area contributed by atoms with Crippen LogP contribution in [0.4, 0.5) is 0 Å². The van der Waals surface area contributed by atoms with E-state index in [0.29, 0.717) is 10.8 Å². The first-order valence-corrected chi connectivity index (χ1v) is 9.20. The quantitative estimate of drug-likeness (QED) is 0.906. The van der Waals surface area contributed by atoms with E-state index < -0.39 is 5.97 Å². The molecule has 1 N–H and O–H groups in total. The summed E-state index contributed by atoms with van der Waals surface area (Å²) in [7, 11) is 0. The lowest BCUT2D eigenvalue weighted by Gasteiger charge is -2.25. The molecule has 0 aliphatic carbocycles. The summed E-state index contributed by atoms with van der Waals surface area (Å²) in [6, 6.07) is 1.71. The van der Waals surface area contributed by atoms with Gasteiger partial charge < -0.3 is 14.4 Å². The van der Waals surface area contributed by atoms with Gasteiger partial charge in [-0.05, 0) is 24.8 Å². The lowest BCUT2D eigenvalue weighted by Crippen LogP contribution is -2.24. The highest BCUT2D eigenvalue weighted by molar-refractivity contribution is 7.12. The molecule has 130 valence electrons. The van der Waals surface area contributed by atoms with Crippen LogP contribution in [-0.2, 0) is 16.7 Å². The van der Waals surface area contributed by atoms with Crippen LogP contribution in [0.15, 0.2) is 17.6 Å². The number of carboxylic acids is 1. The maximum Gasteiger partial charge on any atom is 0.345 e. The van der Waals surface area contributed by atoms with Crippen molar-refractivity contribution in [3.8, 4) is 11.3 Å². The molecular weight excluding hydrogens is 324 g/mol. The number of aromatic nitrogens is 2. The van der Waals surface area contributed by atoms with Crippen LogP contribution in [0.3, 0.4) is 0 Å². The molecule has 2 aromatic heterocycles.